The van der Waals surface area contributed by atoms with Crippen LogP contribution < -0.4 is 0 Å². The van der Waals surface area contributed by atoms with Crippen LogP contribution in [-0.2, 0) is 4.74 Å². The molecule has 0 aliphatic carbocycles. The van der Waals surface area contributed by atoms with Crippen LogP contribution in [0.4, 0.5) is 0 Å². The van der Waals surface area contributed by atoms with Crippen LogP contribution in [0.5, 0.6) is 0 Å². The molecule has 1 fully saturated rings. The van der Waals surface area contributed by atoms with Crippen molar-refractivity contribution in [2.45, 2.75) is 18.9 Å². The third-order valence-corrected chi connectivity index (χ3v) is 2.16. The molecular formula is C7H13ClNO+. The van der Waals surface area contributed by atoms with Crippen molar-refractivity contribution in [3.05, 3.63) is 0 Å². The first-order valence-corrected chi connectivity index (χ1v) is 4.00. The molecule has 0 aromatic heterocycles. The normalized spacial score (nSPS) is 29.8. The number of nitrogens with zero attached hydrogens (tertiary/aromatic N) is 1. The van der Waals surface area contributed by atoms with Crippen molar-refractivity contribution in [2.24, 2.45) is 0 Å². The van der Waals surface area contributed by atoms with E-state index in [1.54, 1.807) is 12.8 Å². The first-order chi connectivity index (χ1) is 4.88. The number of ether oxygens (including phenoxy) is 1. The smallest absolute Gasteiger partial charge is 0.232 e. The van der Waals surface area contributed by atoms with E-state index in [-0.39, 0.29) is 0 Å². The van der Waals surface area contributed by atoms with E-state index in [0.717, 1.165) is 13.2 Å². The highest BCUT2D eigenvalue weighted by Crippen LogP contribution is 2.11. The Hall–Kier alpha value is -0.0800. The molecule has 0 saturated carbocycles. The van der Waals surface area contributed by atoms with Gasteiger partial charge < -0.3 is 4.74 Å². The van der Waals surface area contributed by atoms with Gasteiger partial charge >= 0.3 is 0 Å². The van der Waals surface area contributed by atoms with Gasteiger partial charge in [-0.1, -0.05) is 0 Å². The van der Waals surface area contributed by atoms with Gasteiger partial charge in [0.25, 0.3) is 0 Å². The van der Waals surface area contributed by atoms with Crippen molar-refractivity contribution in [1.82, 2.24) is 0 Å². The molecule has 10 heavy (non-hydrogen) atoms. The molecule has 1 aliphatic rings. The lowest BCUT2D eigenvalue weighted by molar-refractivity contribution is -0.540. The summed E-state index contributed by atoms with van der Waals surface area (Å²) in [4.78, 5) is 0. The van der Waals surface area contributed by atoms with E-state index >= 15 is 0 Å². The van der Waals surface area contributed by atoms with Gasteiger partial charge in [0.1, 0.15) is 13.2 Å². The fraction of sp³-hybridized carbons (Fsp3) is 0.857. The van der Waals surface area contributed by atoms with Crippen molar-refractivity contribution >= 4 is 17.3 Å². The topological polar surface area (TPSA) is 12.2 Å². The molecule has 2 nitrogen and oxygen atoms in total. The predicted molar refractivity (Wildman–Crippen MR) is 41.9 cm³/mol. The van der Waals surface area contributed by atoms with Gasteiger partial charge in [-0.3, -0.25) is 0 Å². The molecular weight excluding hydrogens is 150 g/mol. The molecule has 0 bridgehead atoms. The highest BCUT2D eigenvalue weighted by molar-refractivity contribution is 6.54. The summed E-state index contributed by atoms with van der Waals surface area (Å²) in [7, 11) is 1.73. The van der Waals surface area contributed by atoms with E-state index in [1.807, 2.05) is 0 Å². The van der Waals surface area contributed by atoms with Crippen LogP contribution in [-0.4, -0.2) is 36.6 Å². The zero-order chi connectivity index (χ0) is 7.40. The van der Waals surface area contributed by atoms with E-state index in [2.05, 4.69) is 4.58 Å². The lowest BCUT2D eigenvalue weighted by Gasteiger charge is -2.03. The highest BCUT2D eigenvalue weighted by Gasteiger charge is 2.26. The molecule has 0 amide bonds. The van der Waals surface area contributed by atoms with Crippen molar-refractivity contribution in [3.63, 3.8) is 0 Å². The predicted octanol–water partition coefficient (Wildman–Crippen LogP) is 1.07. The second-order valence-electron chi connectivity index (χ2n) is 2.59. The molecule has 0 unspecified atom stereocenters. The van der Waals surface area contributed by atoms with E-state index in [4.69, 9.17) is 16.3 Å². The summed E-state index contributed by atoms with van der Waals surface area (Å²) in [5, 5.41) is 0. The van der Waals surface area contributed by atoms with Crippen LogP contribution >= 0.6 is 11.6 Å². The molecule has 1 heterocycles. The zero-order valence-corrected chi connectivity index (χ0v) is 6.97. The van der Waals surface area contributed by atoms with E-state index < -0.39 is 0 Å². The van der Waals surface area contributed by atoms with Gasteiger partial charge in [0.2, 0.25) is 5.67 Å². The first kappa shape index (κ1) is 8.02. The SMILES string of the molecule is COC[C@@H]1CCC[N+]1=CCl. The van der Waals surface area contributed by atoms with E-state index in [9.17, 15) is 0 Å². The number of methoxy groups -OCH3 is 1. The molecule has 0 N–H and O–H groups in total. The molecule has 1 saturated heterocycles. The summed E-state index contributed by atoms with van der Waals surface area (Å²) in [5.74, 6) is 0. The Kier molecular flexibility index (Phi) is 3.16. The second-order valence-corrected chi connectivity index (χ2v) is 2.78. The van der Waals surface area contributed by atoms with Gasteiger partial charge in [-0.25, -0.2) is 4.58 Å². The van der Waals surface area contributed by atoms with Crippen LogP contribution in [0, 0.1) is 0 Å². The molecule has 3 heteroatoms. The number of hydrogen-bond donors (Lipinski definition) is 0. The molecule has 0 aromatic rings. The maximum Gasteiger partial charge on any atom is 0.232 e. The van der Waals surface area contributed by atoms with Gasteiger partial charge in [0.15, 0.2) is 6.04 Å². The Labute approximate surface area is 66.4 Å². The van der Waals surface area contributed by atoms with Crippen molar-refractivity contribution in [3.8, 4) is 0 Å². The fourth-order valence-corrected chi connectivity index (χ4v) is 1.61. The fourth-order valence-electron chi connectivity index (χ4n) is 1.36. The van der Waals surface area contributed by atoms with Crippen LogP contribution in [0.3, 0.4) is 0 Å². The van der Waals surface area contributed by atoms with Crippen molar-refractivity contribution in [1.29, 1.82) is 0 Å². The maximum absolute atomic E-state index is 5.58. The minimum atomic E-state index is 0.516. The highest BCUT2D eigenvalue weighted by atomic mass is 35.5. The molecule has 1 rings (SSSR count). The lowest BCUT2D eigenvalue weighted by atomic mass is 10.2. The summed E-state index contributed by atoms with van der Waals surface area (Å²) in [6, 6.07) is 0.516. The Balaban J connectivity index is 2.42. The zero-order valence-electron chi connectivity index (χ0n) is 6.22. The van der Waals surface area contributed by atoms with Crippen molar-refractivity contribution in [2.75, 3.05) is 20.3 Å². The Bertz CT molecular complexity index is 136. The molecule has 0 aromatic carbocycles. The van der Waals surface area contributed by atoms with E-state index in [1.165, 1.54) is 12.8 Å². The lowest BCUT2D eigenvalue weighted by Crippen LogP contribution is -2.23. The second kappa shape index (κ2) is 3.94. The summed E-state index contributed by atoms with van der Waals surface area (Å²) in [5.41, 5.74) is 1.64. The number of rotatable bonds is 2. The standard InChI is InChI=1S/C7H13ClNO/c1-10-5-7-3-2-4-9(7)6-8/h6-7H,2-5H2,1H3/q+1/t7-/m0/s1. The third-order valence-electron chi connectivity index (χ3n) is 1.91. The minimum Gasteiger partial charge on any atom is -0.378 e. The Morgan fingerprint density at radius 1 is 1.80 bits per heavy atom. The average molecular weight is 163 g/mol. The van der Waals surface area contributed by atoms with Gasteiger partial charge in [-0.05, 0) is 11.6 Å². The van der Waals surface area contributed by atoms with Gasteiger partial charge in [-0.2, -0.15) is 0 Å². The largest absolute Gasteiger partial charge is 0.378 e. The minimum absolute atomic E-state index is 0.516. The van der Waals surface area contributed by atoms with E-state index in [0.29, 0.717) is 6.04 Å². The van der Waals surface area contributed by atoms with Crippen LogP contribution in [0.15, 0.2) is 0 Å². The summed E-state index contributed by atoms with van der Waals surface area (Å²) < 4.78 is 7.17. The van der Waals surface area contributed by atoms with Crippen molar-refractivity contribution < 1.29 is 9.31 Å². The maximum atomic E-state index is 5.58. The Morgan fingerprint density at radius 3 is 3.20 bits per heavy atom. The molecule has 0 radical (unpaired) electrons. The molecule has 1 aliphatic heterocycles. The number of hydrogen-bond acceptors (Lipinski definition) is 1. The average Bonchev–Trinajstić information content (AvgIpc) is 2.36. The van der Waals surface area contributed by atoms with Crippen LogP contribution in [0.1, 0.15) is 12.8 Å². The Morgan fingerprint density at radius 2 is 2.60 bits per heavy atom. The number of halogens is 1. The van der Waals surface area contributed by atoms with Gasteiger partial charge in [-0.15, -0.1) is 0 Å². The third kappa shape index (κ3) is 1.70. The summed E-state index contributed by atoms with van der Waals surface area (Å²) >= 11 is 5.58. The molecule has 58 valence electrons. The monoisotopic (exact) mass is 162 g/mol. The summed E-state index contributed by atoms with van der Waals surface area (Å²) in [6.45, 7) is 1.88. The quantitative estimate of drug-likeness (QED) is 0.554. The first-order valence-electron chi connectivity index (χ1n) is 3.56. The molecule has 1 atom stereocenters. The van der Waals surface area contributed by atoms with Crippen LogP contribution in [0.2, 0.25) is 0 Å². The van der Waals surface area contributed by atoms with Crippen LogP contribution in [0.25, 0.3) is 0 Å². The summed E-state index contributed by atoms with van der Waals surface area (Å²) in [6.07, 6.45) is 2.44. The van der Waals surface area contributed by atoms with Gasteiger partial charge in [0, 0.05) is 20.0 Å². The molecule has 0 spiro atoms. The van der Waals surface area contributed by atoms with Gasteiger partial charge in [0.05, 0.1) is 0 Å².